The Morgan fingerprint density at radius 3 is 2.79 bits per heavy atom. The van der Waals surface area contributed by atoms with E-state index in [2.05, 4.69) is 15.9 Å². The highest BCUT2D eigenvalue weighted by Crippen LogP contribution is 2.29. The van der Waals surface area contributed by atoms with Crippen LogP contribution in [0.15, 0.2) is 22.7 Å². The number of benzene rings is 1. The summed E-state index contributed by atoms with van der Waals surface area (Å²) in [4.78, 5) is 11.2. The molecule has 19 heavy (non-hydrogen) atoms. The fourth-order valence-corrected chi connectivity index (χ4v) is 2.31. The van der Waals surface area contributed by atoms with Crippen molar-refractivity contribution in [3.8, 4) is 6.07 Å². The molecule has 1 atom stereocenters. The summed E-state index contributed by atoms with van der Waals surface area (Å²) < 4.78 is 14.2. The van der Waals surface area contributed by atoms with Gasteiger partial charge in [-0.1, -0.05) is 25.0 Å². The number of rotatable bonds is 7. The van der Waals surface area contributed by atoms with E-state index in [4.69, 9.17) is 5.26 Å². The molecule has 1 rings (SSSR count). The fourth-order valence-electron chi connectivity index (χ4n) is 1.93. The molecule has 0 bridgehead atoms. The van der Waals surface area contributed by atoms with Gasteiger partial charge < -0.3 is 5.11 Å². The number of carbonyl (C=O) groups is 1. The van der Waals surface area contributed by atoms with Crippen LogP contribution >= 0.6 is 15.9 Å². The molecule has 0 saturated carbocycles. The average Bonchev–Trinajstić information content (AvgIpc) is 2.37. The molecule has 1 N–H and O–H groups in total. The second-order valence-electron chi connectivity index (χ2n) is 4.29. The van der Waals surface area contributed by atoms with Crippen molar-refractivity contribution < 1.29 is 14.3 Å². The summed E-state index contributed by atoms with van der Waals surface area (Å²) >= 11 is 3.06. The van der Waals surface area contributed by atoms with Gasteiger partial charge in [-0.15, -0.1) is 0 Å². The summed E-state index contributed by atoms with van der Waals surface area (Å²) in [6.07, 6.45) is 3.07. The molecule has 1 unspecified atom stereocenters. The van der Waals surface area contributed by atoms with Crippen LogP contribution in [0.25, 0.3) is 0 Å². The highest BCUT2D eigenvalue weighted by atomic mass is 79.9. The van der Waals surface area contributed by atoms with Gasteiger partial charge in [-0.2, -0.15) is 5.26 Å². The quantitative estimate of drug-likeness (QED) is 0.762. The zero-order valence-electron chi connectivity index (χ0n) is 10.4. The fraction of sp³-hybridized carbons (Fsp3) is 0.429. The second-order valence-corrected chi connectivity index (χ2v) is 5.15. The van der Waals surface area contributed by atoms with E-state index in [1.54, 1.807) is 12.1 Å². The molecule has 0 saturated heterocycles. The second kappa shape index (κ2) is 7.90. The molecule has 102 valence electrons. The molecule has 0 amide bonds. The number of halogens is 2. The predicted octanol–water partition coefficient (Wildman–Crippen LogP) is 4.23. The van der Waals surface area contributed by atoms with Crippen LogP contribution in [0.3, 0.4) is 0 Å². The third-order valence-electron chi connectivity index (χ3n) is 2.94. The lowest BCUT2D eigenvalue weighted by Crippen LogP contribution is -2.13. The summed E-state index contributed by atoms with van der Waals surface area (Å²) in [6.45, 7) is 0. The minimum atomic E-state index is -1.02. The average molecular weight is 328 g/mol. The molecule has 5 heteroatoms. The molecule has 0 radical (unpaired) electrons. The van der Waals surface area contributed by atoms with Crippen LogP contribution in [-0.2, 0) is 4.79 Å². The van der Waals surface area contributed by atoms with Crippen LogP contribution < -0.4 is 0 Å². The maximum Gasteiger partial charge on any atom is 0.311 e. The zero-order valence-corrected chi connectivity index (χ0v) is 12.0. The highest BCUT2D eigenvalue weighted by molar-refractivity contribution is 9.10. The van der Waals surface area contributed by atoms with Crippen molar-refractivity contribution in [3.05, 3.63) is 34.1 Å². The van der Waals surface area contributed by atoms with Gasteiger partial charge in [-0.05, 0) is 34.8 Å². The largest absolute Gasteiger partial charge is 0.481 e. The molecule has 0 aliphatic carbocycles. The van der Waals surface area contributed by atoms with E-state index in [1.807, 2.05) is 6.07 Å². The van der Waals surface area contributed by atoms with Crippen molar-refractivity contribution in [2.24, 2.45) is 0 Å². The van der Waals surface area contributed by atoms with Crippen LogP contribution in [-0.4, -0.2) is 11.1 Å². The van der Waals surface area contributed by atoms with Gasteiger partial charge in [0.05, 0.1) is 16.5 Å². The van der Waals surface area contributed by atoms with E-state index < -0.39 is 17.7 Å². The molecule has 1 aromatic rings. The number of nitriles is 1. The van der Waals surface area contributed by atoms with Gasteiger partial charge >= 0.3 is 5.97 Å². The van der Waals surface area contributed by atoms with E-state index in [1.165, 1.54) is 6.07 Å². The number of nitrogens with zero attached hydrogens (tertiary/aromatic N) is 1. The Bertz CT molecular complexity index is 485. The van der Waals surface area contributed by atoms with E-state index >= 15 is 0 Å². The Morgan fingerprint density at radius 2 is 2.16 bits per heavy atom. The maximum absolute atomic E-state index is 13.9. The van der Waals surface area contributed by atoms with Crippen molar-refractivity contribution in [2.45, 2.75) is 38.0 Å². The van der Waals surface area contributed by atoms with Crippen molar-refractivity contribution in [1.82, 2.24) is 0 Å². The van der Waals surface area contributed by atoms with Crippen LogP contribution in [0.1, 0.15) is 43.6 Å². The lowest BCUT2D eigenvalue weighted by atomic mass is 9.92. The summed E-state index contributed by atoms with van der Waals surface area (Å²) in [7, 11) is 0. The highest BCUT2D eigenvalue weighted by Gasteiger charge is 2.23. The Balaban J connectivity index is 2.70. The molecule has 0 aromatic heterocycles. The van der Waals surface area contributed by atoms with Crippen LogP contribution in [0.5, 0.6) is 0 Å². The van der Waals surface area contributed by atoms with Crippen LogP contribution in [0, 0.1) is 17.1 Å². The summed E-state index contributed by atoms with van der Waals surface area (Å²) in [6, 6.07) is 6.73. The maximum atomic E-state index is 13.9. The first-order valence-corrected chi connectivity index (χ1v) is 6.91. The van der Waals surface area contributed by atoms with E-state index in [9.17, 15) is 14.3 Å². The van der Waals surface area contributed by atoms with Crippen LogP contribution in [0.2, 0.25) is 0 Å². The smallest absolute Gasteiger partial charge is 0.311 e. The molecule has 0 aliphatic rings. The number of aliphatic carboxylic acids is 1. The first-order valence-electron chi connectivity index (χ1n) is 6.11. The molecule has 0 fully saturated rings. The number of hydrogen-bond acceptors (Lipinski definition) is 2. The molecule has 0 spiro atoms. The Hall–Kier alpha value is -1.41. The van der Waals surface area contributed by atoms with Crippen molar-refractivity contribution in [3.63, 3.8) is 0 Å². The predicted molar refractivity (Wildman–Crippen MR) is 73.2 cm³/mol. The third-order valence-corrected chi connectivity index (χ3v) is 3.55. The summed E-state index contributed by atoms with van der Waals surface area (Å²) in [5, 5.41) is 17.6. The van der Waals surface area contributed by atoms with Gasteiger partial charge in [0.25, 0.3) is 0 Å². The molecule has 0 aliphatic heterocycles. The van der Waals surface area contributed by atoms with E-state index in [0.717, 1.165) is 12.8 Å². The normalized spacial score (nSPS) is 11.8. The number of hydrogen-bond donors (Lipinski definition) is 1. The Kier molecular flexibility index (Phi) is 6.51. The van der Waals surface area contributed by atoms with E-state index in [0.29, 0.717) is 19.3 Å². The molecular weight excluding hydrogens is 313 g/mol. The van der Waals surface area contributed by atoms with Gasteiger partial charge in [0.2, 0.25) is 0 Å². The van der Waals surface area contributed by atoms with Gasteiger partial charge in [0, 0.05) is 12.0 Å². The van der Waals surface area contributed by atoms with Gasteiger partial charge in [-0.3, -0.25) is 4.79 Å². The summed E-state index contributed by atoms with van der Waals surface area (Å²) in [5.74, 6) is -2.36. The van der Waals surface area contributed by atoms with Gasteiger partial charge in [-0.25, -0.2) is 4.39 Å². The van der Waals surface area contributed by atoms with Crippen molar-refractivity contribution >= 4 is 21.9 Å². The Morgan fingerprint density at radius 1 is 1.42 bits per heavy atom. The SMILES string of the molecule is N#CCCCCCC(C(=O)O)c1cccc(Br)c1F. The van der Waals surface area contributed by atoms with E-state index in [-0.39, 0.29) is 10.0 Å². The molecular formula is C14H15BrFNO2. The minimum absolute atomic E-state index is 0.210. The monoisotopic (exact) mass is 327 g/mol. The van der Waals surface area contributed by atoms with Crippen molar-refractivity contribution in [1.29, 1.82) is 5.26 Å². The third kappa shape index (κ3) is 4.64. The number of carboxylic acid groups (broad SMARTS) is 1. The summed E-state index contributed by atoms with van der Waals surface area (Å²) in [5.41, 5.74) is 0.210. The zero-order chi connectivity index (χ0) is 14.3. The van der Waals surface area contributed by atoms with Crippen LogP contribution in [0.4, 0.5) is 4.39 Å². The first-order chi connectivity index (χ1) is 9.07. The topological polar surface area (TPSA) is 61.1 Å². The lowest BCUT2D eigenvalue weighted by Gasteiger charge is -2.14. The Labute approximate surface area is 120 Å². The first kappa shape index (κ1) is 15.6. The molecule has 3 nitrogen and oxygen atoms in total. The lowest BCUT2D eigenvalue weighted by molar-refractivity contribution is -0.139. The van der Waals surface area contributed by atoms with Gasteiger partial charge in [0.1, 0.15) is 5.82 Å². The van der Waals surface area contributed by atoms with Crippen molar-refractivity contribution in [2.75, 3.05) is 0 Å². The number of carboxylic acids is 1. The molecule has 1 aromatic carbocycles. The number of unbranched alkanes of at least 4 members (excludes halogenated alkanes) is 3. The molecule has 0 heterocycles. The standard InChI is InChI=1S/C14H15BrFNO2/c15-12-8-5-7-10(13(12)16)11(14(18)19)6-3-1-2-4-9-17/h5,7-8,11H,1-4,6H2,(H,18,19). The van der Waals surface area contributed by atoms with Gasteiger partial charge in [0.15, 0.2) is 0 Å². The minimum Gasteiger partial charge on any atom is -0.481 e.